The zero-order valence-electron chi connectivity index (χ0n) is 11.5. The van der Waals surface area contributed by atoms with E-state index in [1.54, 1.807) is 0 Å². The quantitative estimate of drug-likeness (QED) is 0.717. The van der Waals surface area contributed by atoms with Crippen LogP contribution in [0, 0.1) is 0 Å². The Hall–Kier alpha value is -1.43. The van der Waals surface area contributed by atoms with Gasteiger partial charge in [0.15, 0.2) is 0 Å². The fraction of sp³-hybridized carbons (Fsp3) is 0.533. The number of hydrogen-bond donors (Lipinski definition) is 3. The van der Waals surface area contributed by atoms with Crippen molar-refractivity contribution in [3.8, 4) is 0 Å². The van der Waals surface area contributed by atoms with Gasteiger partial charge in [0.05, 0.1) is 18.7 Å². The Morgan fingerprint density at radius 2 is 2.05 bits per heavy atom. The van der Waals surface area contributed by atoms with E-state index in [4.69, 9.17) is 0 Å². The molecule has 0 saturated carbocycles. The van der Waals surface area contributed by atoms with Gasteiger partial charge in [0.1, 0.15) is 0 Å². The number of fused-ring (bicyclic) bond motifs is 1. The van der Waals surface area contributed by atoms with Gasteiger partial charge in [-0.2, -0.15) is 0 Å². The molecule has 2 atom stereocenters. The molecule has 2 heterocycles. The number of nitrogens with one attached hydrogen (secondary N) is 2. The van der Waals surface area contributed by atoms with E-state index in [2.05, 4.69) is 27.7 Å². The van der Waals surface area contributed by atoms with Gasteiger partial charge in [0.2, 0.25) is 5.91 Å². The van der Waals surface area contributed by atoms with Crippen LogP contribution in [-0.2, 0) is 17.9 Å². The molecule has 1 fully saturated rings. The van der Waals surface area contributed by atoms with Gasteiger partial charge in [0.25, 0.3) is 0 Å². The molecule has 3 rings (SSSR count). The van der Waals surface area contributed by atoms with E-state index in [1.165, 1.54) is 11.1 Å². The topological polar surface area (TPSA) is 64.6 Å². The molecule has 3 N–H and O–H groups in total. The summed E-state index contributed by atoms with van der Waals surface area (Å²) in [6.07, 6.45) is 0.302. The first-order chi connectivity index (χ1) is 9.72. The Labute approximate surface area is 119 Å². The van der Waals surface area contributed by atoms with Crippen LogP contribution in [0.5, 0.6) is 0 Å². The van der Waals surface area contributed by atoms with Crippen molar-refractivity contribution < 1.29 is 9.90 Å². The summed E-state index contributed by atoms with van der Waals surface area (Å²) in [5.74, 6) is 0.00348. The minimum Gasteiger partial charge on any atom is -0.390 e. The Bertz CT molecular complexity index is 467. The molecule has 5 nitrogen and oxygen atoms in total. The van der Waals surface area contributed by atoms with Crippen LogP contribution >= 0.6 is 0 Å². The number of carbonyl (C=O) groups is 1. The minimum atomic E-state index is -0.483. The molecule has 0 radical (unpaired) electrons. The van der Waals surface area contributed by atoms with Gasteiger partial charge in [-0.15, -0.1) is 0 Å². The summed E-state index contributed by atoms with van der Waals surface area (Å²) in [5, 5.41) is 15.9. The van der Waals surface area contributed by atoms with Crippen LogP contribution in [0.3, 0.4) is 0 Å². The lowest BCUT2D eigenvalue weighted by molar-refractivity contribution is -0.124. The normalized spacial score (nSPS) is 26.2. The van der Waals surface area contributed by atoms with Gasteiger partial charge in [-0.3, -0.25) is 9.69 Å². The molecule has 0 aromatic heterocycles. The van der Waals surface area contributed by atoms with E-state index in [9.17, 15) is 9.90 Å². The minimum absolute atomic E-state index is 0.00348. The number of carbonyl (C=O) groups excluding carboxylic acids is 1. The van der Waals surface area contributed by atoms with Crippen LogP contribution < -0.4 is 10.6 Å². The molecule has 2 unspecified atom stereocenters. The zero-order chi connectivity index (χ0) is 13.9. The number of benzene rings is 1. The lowest BCUT2D eigenvalue weighted by atomic mass is 10.0. The van der Waals surface area contributed by atoms with Crippen LogP contribution in [0.1, 0.15) is 17.5 Å². The molecular weight excluding hydrogens is 254 g/mol. The second kappa shape index (κ2) is 5.91. The van der Waals surface area contributed by atoms with Crippen LogP contribution in [0.4, 0.5) is 0 Å². The molecule has 5 heteroatoms. The number of piperidine rings is 1. The molecule has 1 aromatic rings. The average Bonchev–Trinajstić information content (AvgIpc) is 2.83. The largest absolute Gasteiger partial charge is 0.390 e. The van der Waals surface area contributed by atoms with Crippen LogP contribution in [-0.4, -0.2) is 47.7 Å². The predicted molar refractivity (Wildman–Crippen MR) is 76.0 cm³/mol. The van der Waals surface area contributed by atoms with Crippen LogP contribution in [0.2, 0.25) is 0 Å². The van der Waals surface area contributed by atoms with Crippen molar-refractivity contribution in [2.75, 3.05) is 19.6 Å². The Morgan fingerprint density at radius 1 is 1.35 bits per heavy atom. The second-order valence-electron chi connectivity index (χ2n) is 5.65. The maximum Gasteiger partial charge on any atom is 0.234 e. The fourth-order valence-electron chi connectivity index (χ4n) is 2.98. The smallest absolute Gasteiger partial charge is 0.234 e. The Morgan fingerprint density at radius 3 is 2.70 bits per heavy atom. The zero-order valence-corrected chi connectivity index (χ0v) is 11.5. The number of rotatable bonds is 3. The van der Waals surface area contributed by atoms with E-state index in [0.29, 0.717) is 13.1 Å². The van der Waals surface area contributed by atoms with Gasteiger partial charge >= 0.3 is 0 Å². The summed E-state index contributed by atoms with van der Waals surface area (Å²) >= 11 is 0. The average molecular weight is 275 g/mol. The molecular formula is C15H21N3O2. The number of aliphatic hydroxyl groups is 1. The van der Waals surface area contributed by atoms with E-state index >= 15 is 0 Å². The van der Waals surface area contributed by atoms with Gasteiger partial charge < -0.3 is 15.7 Å². The predicted octanol–water partition coefficient (Wildman–Crippen LogP) is -0.159. The van der Waals surface area contributed by atoms with Crippen molar-refractivity contribution in [3.05, 3.63) is 35.4 Å². The molecule has 1 amide bonds. The highest BCUT2D eigenvalue weighted by atomic mass is 16.3. The summed E-state index contributed by atoms with van der Waals surface area (Å²) in [4.78, 5) is 14.2. The standard InChI is InChI=1S/C15H21N3O2/c19-14-7-16-6-5-13(14)17-15(20)10-18-8-11-3-1-2-4-12(11)9-18/h1-4,13-14,16,19H,5-10H2,(H,17,20). The van der Waals surface area contributed by atoms with Crippen molar-refractivity contribution >= 4 is 5.91 Å². The Balaban J connectivity index is 1.51. The maximum absolute atomic E-state index is 12.1. The fourth-order valence-corrected chi connectivity index (χ4v) is 2.98. The Kier molecular flexibility index (Phi) is 4.00. The summed E-state index contributed by atoms with van der Waals surface area (Å²) in [7, 11) is 0. The lowest BCUT2D eigenvalue weighted by Crippen LogP contribution is -2.54. The summed E-state index contributed by atoms with van der Waals surface area (Å²) in [6.45, 7) is 3.46. The monoisotopic (exact) mass is 275 g/mol. The maximum atomic E-state index is 12.1. The molecule has 108 valence electrons. The SMILES string of the molecule is O=C(CN1Cc2ccccc2C1)NC1CCNCC1O. The third-order valence-electron chi connectivity index (χ3n) is 4.07. The molecule has 20 heavy (non-hydrogen) atoms. The first-order valence-electron chi connectivity index (χ1n) is 7.19. The van der Waals surface area contributed by atoms with Gasteiger partial charge in [0, 0.05) is 19.6 Å². The van der Waals surface area contributed by atoms with Gasteiger partial charge in [-0.05, 0) is 24.1 Å². The number of nitrogens with zero attached hydrogens (tertiary/aromatic N) is 1. The van der Waals surface area contributed by atoms with E-state index < -0.39 is 6.10 Å². The molecule has 0 aliphatic carbocycles. The highest BCUT2D eigenvalue weighted by Crippen LogP contribution is 2.21. The molecule has 1 aromatic carbocycles. The van der Waals surface area contributed by atoms with Crippen molar-refractivity contribution in [1.82, 2.24) is 15.5 Å². The molecule has 0 spiro atoms. The third kappa shape index (κ3) is 3.00. The summed E-state index contributed by atoms with van der Waals surface area (Å²) in [5.41, 5.74) is 2.62. The molecule has 0 bridgehead atoms. The summed E-state index contributed by atoms with van der Waals surface area (Å²) in [6, 6.07) is 8.18. The number of aliphatic hydroxyl groups excluding tert-OH is 1. The van der Waals surface area contributed by atoms with Gasteiger partial charge in [-0.1, -0.05) is 24.3 Å². The number of hydrogen-bond acceptors (Lipinski definition) is 4. The summed E-state index contributed by atoms with van der Waals surface area (Å²) < 4.78 is 0. The lowest BCUT2D eigenvalue weighted by Gasteiger charge is -2.29. The third-order valence-corrected chi connectivity index (χ3v) is 4.07. The van der Waals surface area contributed by atoms with Crippen LogP contribution in [0.15, 0.2) is 24.3 Å². The van der Waals surface area contributed by atoms with Gasteiger partial charge in [-0.25, -0.2) is 0 Å². The molecule has 1 saturated heterocycles. The molecule has 2 aliphatic heterocycles. The first-order valence-corrected chi connectivity index (χ1v) is 7.19. The number of amides is 1. The van der Waals surface area contributed by atoms with Crippen molar-refractivity contribution in [2.24, 2.45) is 0 Å². The van der Waals surface area contributed by atoms with Crippen LogP contribution in [0.25, 0.3) is 0 Å². The first kappa shape index (κ1) is 13.5. The van der Waals surface area contributed by atoms with Crippen molar-refractivity contribution in [1.29, 1.82) is 0 Å². The second-order valence-corrected chi connectivity index (χ2v) is 5.65. The van der Waals surface area contributed by atoms with E-state index in [0.717, 1.165) is 26.1 Å². The highest BCUT2D eigenvalue weighted by Gasteiger charge is 2.26. The van der Waals surface area contributed by atoms with Crippen molar-refractivity contribution in [3.63, 3.8) is 0 Å². The van der Waals surface area contributed by atoms with E-state index in [-0.39, 0.29) is 11.9 Å². The van der Waals surface area contributed by atoms with Crippen molar-refractivity contribution in [2.45, 2.75) is 31.7 Å². The van der Waals surface area contributed by atoms with E-state index in [1.807, 2.05) is 12.1 Å². The number of β-amino-alcohol motifs (C(OH)–C–C–N with tert-alkyl or cyclic N) is 1. The highest BCUT2D eigenvalue weighted by molar-refractivity contribution is 5.78. The molecule has 2 aliphatic rings.